The summed E-state index contributed by atoms with van der Waals surface area (Å²) < 4.78 is 12.9. The summed E-state index contributed by atoms with van der Waals surface area (Å²) in [5, 5.41) is 12.0. The zero-order valence-electron chi connectivity index (χ0n) is 10.4. The minimum atomic E-state index is -0.442. The van der Waals surface area contributed by atoms with Gasteiger partial charge in [0.25, 0.3) is 0 Å². The second kappa shape index (κ2) is 6.32. The largest absolute Gasteiger partial charge is 0.395 e. The Bertz CT molecular complexity index is 470. The fraction of sp³-hybridized carbons (Fsp3) is 0.462. The Hall–Kier alpha value is -1.17. The number of hydrogen-bond acceptors (Lipinski definition) is 3. The summed E-state index contributed by atoms with van der Waals surface area (Å²) in [6.45, 7) is 1.07. The van der Waals surface area contributed by atoms with Crippen molar-refractivity contribution in [3.05, 3.63) is 29.0 Å². The molecule has 104 valence electrons. The van der Waals surface area contributed by atoms with Gasteiger partial charge in [-0.15, -0.1) is 0 Å². The monoisotopic (exact) mass is 286 g/mol. The van der Waals surface area contributed by atoms with Crippen molar-refractivity contribution in [2.45, 2.75) is 18.9 Å². The molecule has 1 amide bonds. The van der Waals surface area contributed by atoms with E-state index in [0.29, 0.717) is 5.69 Å². The van der Waals surface area contributed by atoms with Crippen LogP contribution in [0.15, 0.2) is 18.2 Å². The average molecular weight is 287 g/mol. The Labute approximate surface area is 116 Å². The molecular weight excluding hydrogens is 271 g/mol. The first-order valence-electron chi connectivity index (χ1n) is 6.20. The Morgan fingerprint density at radius 3 is 3.05 bits per heavy atom. The molecule has 1 atom stereocenters. The van der Waals surface area contributed by atoms with Gasteiger partial charge >= 0.3 is 0 Å². The van der Waals surface area contributed by atoms with Crippen LogP contribution in [0.5, 0.6) is 0 Å². The van der Waals surface area contributed by atoms with Gasteiger partial charge < -0.3 is 10.4 Å². The van der Waals surface area contributed by atoms with Gasteiger partial charge in [0.1, 0.15) is 5.82 Å². The third-order valence-corrected chi connectivity index (χ3v) is 3.57. The molecular formula is C13H16ClFN2O2. The molecule has 1 aliphatic heterocycles. The van der Waals surface area contributed by atoms with E-state index in [1.165, 1.54) is 12.1 Å². The van der Waals surface area contributed by atoms with Crippen molar-refractivity contribution >= 4 is 23.2 Å². The number of benzene rings is 1. The lowest BCUT2D eigenvalue weighted by Gasteiger charge is -2.21. The smallest absolute Gasteiger partial charge is 0.238 e. The van der Waals surface area contributed by atoms with Crippen LogP contribution in [-0.4, -0.2) is 41.7 Å². The molecule has 1 fully saturated rings. The zero-order chi connectivity index (χ0) is 13.8. The van der Waals surface area contributed by atoms with Crippen LogP contribution in [-0.2, 0) is 4.79 Å². The van der Waals surface area contributed by atoms with Gasteiger partial charge in [0.15, 0.2) is 0 Å². The molecule has 0 radical (unpaired) electrons. The van der Waals surface area contributed by atoms with Gasteiger partial charge in [0.2, 0.25) is 5.91 Å². The number of hydrogen-bond donors (Lipinski definition) is 2. The highest BCUT2D eigenvalue weighted by Gasteiger charge is 2.25. The number of nitrogens with one attached hydrogen (secondary N) is 1. The minimum absolute atomic E-state index is 0.0504. The SMILES string of the molecule is O=C(CN1CCC[C@@H]1CO)Nc1ccc(F)cc1Cl. The number of likely N-dealkylation sites (tertiary alicyclic amines) is 1. The van der Waals surface area contributed by atoms with Crippen molar-refractivity contribution in [3.63, 3.8) is 0 Å². The Balaban J connectivity index is 1.94. The van der Waals surface area contributed by atoms with Crippen LogP contribution in [0.25, 0.3) is 0 Å². The Kier molecular flexibility index (Phi) is 4.74. The van der Waals surface area contributed by atoms with Gasteiger partial charge in [-0.05, 0) is 37.6 Å². The van der Waals surface area contributed by atoms with E-state index < -0.39 is 5.82 Å². The van der Waals surface area contributed by atoms with Gasteiger partial charge in [-0.2, -0.15) is 0 Å². The molecule has 4 nitrogen and oxygen atoms in total. The number of aliphatic hydroxyl groups excluding tert-OH is 1. The van der Waals surface area contributed by atoms with E-state index >= 15 is 0 Å². The number of halogens is 2. The number of carbonyl (C=O) groups excluding carboxylic acids is 1. The summed E-state index contributed by atoms with van der Waals surface area (Å²) in [6.07, 6.45) is 1.89. The Morgan fingerprint density at radius 2 is 2.37 bits per heavy atom. The molecule has 0 aromatic heterocycles. The van der Waals surface area contributed by atoms with Crippen LogP contribution in [0.2, 0.25) is 5.02 Å². The summed E-state index contributed by atoms with van der Waals surface area (Å²) in [5.74, 6) is -0.656. The summed E-state index contributed by atoms with van der Waals surface area (Å²) in [7, 11) is 0. The van der Waals surface area contributed by atoms with Gasteiger partial charge in [-0.25, -0.2) is 4.39 Å². The third kappa shape index (κ3) is 3.65. The lowest BCUT2D eigenvalue weighted by atomic mass is 10.2. The molecule has 1 aliphatic rings. The predicted octanol–water partition coefficient (Wildman–Crippen LogP) is 1.87. The highest BCUT2D eigenvalue weighted by Crippen LogP contribution is 2.23. The number of aliphatic hydroxyl groups is 1. The van der Waals surface area contributed by atoms with Crippen LogP contribution in [0.3, 0.4) is 0 Å². The van der Waals surface area contributed by atoms with Gasteiger partial charge in [0, 0.05) is 6.04 Å². The molecule has 0 saturated carbocycles. The third-order valence-electron chi connectivity index (χ3n) is 3.26. The van der Waals surface area contributed by atoms with Crippen LogP contribution in [0.1, 0.15) is 12.8 Å². The zero-order valence-corrected chi connectivity index (χ0v) is 11.2. The van der Waals surface area contributed by atoms with E-state index in [-0.39, 0.29) is 30.1 Å². The number of rotatable bonds is 4. The summed E-state index contributed by atoms with van der Waals surface area (Å²) >= 11 is 5.84. The van der Waals surface area contributed by atoms with Crippen LogP contribution >= 0.6 is 11.6 Å². The molecule has 1 saturated heterocycles. The standard InChI is InChI=1S/C13H16ClFN2O2/c14-11-6-9(15)3-4-12(11)16-13(19)7-17-5-1-2-10(17)8-18/h3-4,6,10,18H,1-2,5,7-8H2,(H,16,19)/t10-/m1/s1. The number of amides is 1. The van der Waals surface area contributed by atoms with E-state index in [0.717, 1.165) is 25.5 Å². The van der Waals surface area contributed by atoms with E-state index in [1.807, 2.05) is 4.90 Å². The van der Waals surface area contributed by atoms with Crippen molar-refractivity contribution in [1.82, 2.24) is 4.90 Å². The number of anilines is 1. The maximum Gasteiger partial charge on any atom is 0.238 e. The lowest BCUT2D eigenvalue weighted by molar-refractivity contribution is -0.117. The van der Waals surface area contributed by atoms with Gasteiger partial charge in [-0.3, -0.25) is 9.69 Å². The van der Waals surface area contributed by atoms with E-state index in [9.17, 15) is 14.3 Å². The fourth-order valence-corrected chi connectivity index (χ4v) is 2.49. The maximum absolute atomic E-state index is 12.9. The molecule has 0 bridgehead atoms. The predicted molar refractivity (Wildman–Crippen MR) is 71.7 cm³/mol. The summed E-state index contributed by atoms with van der Waals surface area (Å²) in [6, 6.07) is 3.88. The summed E-state index contributed by atoms with van der Waals surface area (Å²) in [5.41, 5.74) is 0.396. The maximum atomic E-state index is 12.9. The normalized spacial score (nSPS) is 19.6. The molecule has 1 aromatic carbocycles. The van der Waals surface area contributed by atoms with E-state index in [1.54, 1.807) is 0 Å². The van der Waals surface area contributed by atoms with Gasteiger partial charge in [-0.1, -0.05) is 11.6 Å². The van der Waals surface area contributed by atoms with Crippen molar-refractivity contribution < 1.29 is 14.3 Å². The van der Waals surface area contributed by atoms with Crippen molar-refractivity contribution in [2.24, 2.45) is 0 Å². The molecule has 2 N–H and O–H groups in total. The van der Waals surface area contributed by atoms with Crippen LogP contribution < -0.4 is 5.32 Å². The second-order valence-electron chi connectivity index (χ2n) is 4.62. The quantitative estimate of drug-likeness (QED) is 0.888. The Morgan fingerprint density at radius 1 is 1.58 bits per heavy atom. The topological polar surface area (TPSA) is 52.6 Å². The number of carbonyl (C=O) groups is 1. The first-order chi connectivity index (χ1) is 9.10. The molecule has 19 heavy (non-hydrogen) atoms. The molecule has 1 aromatic rings. The van der Waals surface area contributed by atoms with Crippen molar-refractivity contribution in [3.8, 4) is 0 Å². The lowest BCUT2D eigenvalue weighted by Crippen LogP contribution is -2.38. The summed E-state index contributed by atoms with van der Waals surface area (Å²) in [4.78, 5) is 13.8. The van der Waals surface area contributed by atoms with E-state index in [2.05, 4.69) is 5.32 Å². The van der Waals surface area contributed by atoms with Gasteiger partial charge in [0.05, 0.1) is 23.9 Å². The minimum Gasteiger partial charge on any atom is -0.395 e. The fourth-order valence-electron chi connectivity index (χ4n) is 2.28. The first kappa shape index (κ1) is 14.2. The molecule has 0 unspecified atom stereocenters. The van der Waals surface area contributed by atoms with E-state index in [4.69, 9.17) is 11.6 Å². The average Bonchev–Trinajstić information content (AvgIpc) is 2.80. The first-order valence-corrected chi connectivity index (χ1v) is 6.58. The highest BCUT2D eigenvalue weighted by atomic mass is 35.5. The molecule has 0 spiro atoms. The highest BCUT2D eigenvalue weighted by molar-refractivity contribution is 6.33. The number of nitrogens with zero attached hydrogens (tertiary/aromatic N) is 1. The second-order valence-corrected chi connectivity index (χ2v) is 5.03. The van der Waals surface area contributed by atoms with Crippen LogP contribution in [0.4, 0.5) is 10.1 Å². The van der Waals surface area contributed by atoms with Crippen LogP contribution in [0, 0.1) is 5.82 Å². The molecule has 2 rings (SSSR count). The molecule has 1 heterocycles. The molecule has 0 aliphatic carbocycles. The van der Waals surface area contributed by atoms with Crippen molar-refractivity contribution in [1.29, 1.82) is 0 Å². The molecule has 6 heteroatoms. The van der Waals surface area contributed by atoms with Crippen molar-refractivity contribution in [2.75, 3.05) is 25.0 Å².